The van der Waals surface area contributed by atoms with E-state index >= 15 is 0 Å². The summed E-state index contributed by atoms with van der Waals surface area (Å²) in [4.78, 5) is 13.4. The number of piperazine rings is 1. The predicted molar refractivity (Wildman–Crippen MR) is 102 cm³/mol. The molecule has 1 aliphatic heterocycles. The second-order valence-electron chi connectivity index (χ2n) is 7.24. The number of carbonyl (C=O) groups excluding carboxylic acids is 1. The van der Waals surface area contributed by atoms with E-state index in [0.717, 1.165) is 37.2 Å². The normalized spacial score (nSPS) is 17.7. The number of nitrogens with one attached hydrogen (secondary N) is 1. The van der Waals surface area contributed by atoms with Gasteiger partial charge >= 0.3 is 0 Å². The number of rotatable bonds is 7. The molecule has 0 atom stereocenters. The molecule has 1 aliphatic rings. The van der Waals surface area contributed by atoms with Crippen molar-refractivity contribution in [2.45, 2.75) is 13.3 Å². The summed E-state index contributed by atoms with van der Waals surface area (Å²) in [5.74, 6) is -0.393. The Balaban J connectivity index is 1.95. The Morgan fingerprint density at radius 2 is 2.00 bits per heavy atom. The molecule has 1 saturated heterocycles. The number of anilines is 2. The Morgan fingerprint density at radius 1 is 1.35 bits per heavy atom. The lowest BCUT2D eigenvalue weighted by Gasteiger charge is -2.41. The lowest BCUT2D eigenvalue weighted by Crippen LogP contribution is -2.56. The first kappa shape index (κ1) is 20.6. The average Bonchev–Trinajstić information content (AvgIpc) is 2.56. The van der Waals surface area contributed by atoms with E-state index in [2.05, 4.69) is 24.3 Å². The van der Waals surface area contributed by atoms with Crippen LogP contribution in [0.1, 0.15) is 13.3 Å². The molecule has 9 heteroatoms. The first-order valence-corrected chi connectivity index (χ1v) is 10.3. The number of hydrogen-bond donors (Lipinski definition) is 2. The Bertz CT molecular complexity index is 730. The van der Waals surface area contributed by atoms with Crippen molar-refractivity contribution in [3.63, 3.8) is 0 Å². The van der Waals surface area contributed by atoms with Gasteiger partial charge in [0.1, 0.15) is 0 Å². The van der Waals surface area contributed by atoms with Crippen LogP contribution in [0.2, 0.25) is 0 Å². The minimum atomic E-state index is -3.84. The SMILES string of the molecule is CC(=O)Nc1cccc(N(O)S(=O)(=O)CCC[N+]2(C)CCN(C)CC2)c1. The molecule has 0 unspecified atom stereocenters. The summed E-state index contributed by atoms with van der Waals surface area (Å²) in [6.07, 6.45) is 0.477. The number of hydrogen-bond acceptors (Lipinski definition) is 5. The average molecular weight is 386 g/mol. The van der Waals surface area contributed by atoms with Gasteiger partial charge in [0.15, 0.2) is 0 Å². The van der Waals surface area contributed by atoms with E-state index in [1.54, 1.807) is 12.1 Å². The van der Waals surface area contributed by atoms with Crippen molar-refractivity contribution in [2.24, 2.45) is 0 Å². The van der Waals surface area contributed by atoms with Crippen LogP contribution in [-0.4, -0.2) is 81.5 Å². The Morgan fingerprint density at radius 3 is 2.62 bits per heavy atom. The molecule has 8 nitrogen and oxygen atoms in total. The maximum atomic E-state index is 12.4. The van der Waals surface area contributed by atoms with Gasteiger partial charge in [-0.3, -0.25) is 14.9 Å². The van der Waals surface area contributed by atoms with Crippen LogP contribution in [0.15, 0.2) is 24.3 Å². The van der Waals surface area contributed by atoms with Crippen molar-refractivity contribution < 1.29 is 22.9 Å². The summed E-state index contributed by atoms with van der Waals surface area (Å²) in [6, 6.07) is 6.12. The van der Waals surface area contributed by atoms with Crippen LogP contribution in [0.25, 0.3) is 0 Å². The van der Waals surface area contributed by atoms with Crippen LogP contribution in [-0.2, 0) is 14.8 Å². The van der Waals surface area contributed by atoms with E-state index in [0.29, 0.717) is 16.6 Å². The molecule has 0 bridgehead atoms. The van der Waals surface area contributed by atoms with Crippen molar-refractivity contribution in [3.8, 4) is 0 Å². The highest BCUT2D eigenvalue weighted by molar-refractivity contribution is 7.92. The molecule has 0 aromatic heterocycles. The number of nitrogens with zero attached hydrogens (tertiary/aromatic N) is 3. The highest BCUT2D eigenvalue weighted by Gasteiger charge is 2.28. The largest absolute Gasteiger partial charge is 0.326 e. The number of quaternary nitrogens is 1. The van der Waals surface area contributed by atoms with Gasteiger partial charge in [0.2, 0.25) is 5.91 Å². The van der Waals surface area contributed by atoms with Crippen LogP contribution >= 0.6 is 0 Å². The number of likely N-dealkylation sites (N-methyl/N-ethyl adjacent to an activating group) is 2. The van der Waals surface area contributed by atoms with Gasteiger partial charge in [0.05, 0.1) is 38.1 Å². The maximum absolute atomic E-state index is 12.4. The standard InChI is InChI=1S/C17H28N4O4S/c1-15(22)18-16-6-4-7-17(14-16)20(23)26(24,25)13-5-10-21(3)11-8-19(2)9-12-21/h4,6-7,14,23H,5,8-13H2,1-3H3/p+1. The van der Waals surface area contributed by atoms with Gasteiger partial charge < -0.3 is 9.80 Å². The van der Waals surface area contributed by atoms with Crippen LogP contribution < -0.4 is 9.79 Å². The molecule has 0 saturated carbocycles. The van der Waals surface area contributed by atoms with E-state index in [9.17, 15) is 18.4 Å². The van der Waals surface area contributed by atoms with E-state index in [-0.39, 0.29) is 17.3 Å². The van der Waals surface area contributed by atoms with E-state index in [1.165, 1.54) is 19.1 Å². The molecule has 1 fully saturated rings. The number of amides is 1. The number of benzene rings is 1. The number of sulfonamides is 1. The van der Waals surface area contributed by atoms with Crippen molar-refractivity contribution in [1.82, 2.24) is 4.90 Å². The highest BCUT2D eigenvalue weighted by Crippen LogP contribution is 2.21. The topological polar surface area (TPSA) is 90.0 Å². The molecule has 1 amide bonds. The second kappa shape index (κ2) is 8.34. The van der Waals surface area contributed by atoms with Gasteiger partial charge in [-0.25, -0.2) is 8.42 Å². The molecule has 26 heavy (non-hydrogen) atoms. The molecule has 0 radical (unpaired) electrons. The number of carbonyl (C=O) groups is 1. The third kappa shape index (κ3) is 5.66. The van der Waals surface area contributed by atoms with Crippen molar-refractivity contribution in [2.75, 3.05) is 62.4 Å². The lowest BCUT2D eigenvalue weighted by atomic mass is 10.2. The predicted octanol–water partition coefficient (Wildman–Crippen LogP) is 0.953. The first-order chi connectivity index (χ1) is 12.1. The molecule has 1 heterocycles. The minimum Gasteiger partial charge on any atom is -0.326 e. The Hall–Kier alpha value is -1.68. The molecular weight excluding hydrogens is 356 g/mol. The van der Waals surface area contributed by atoms with Crippen LogP contribution in [0.3, 0.4) is 0 Å². The monoisotopic (exact) mass is 385 g/mol. The Labute approximate surface area is 155 Å². The fourth-order valence-corrected chi connectivity index (χ4v) is 4.15. The van der Waals surface area contributed by atoms with E-state index < -0.39 is 10.0 Å². The summed E-state index contributed by atoms with van der Waals surface area (Å²) in [7, 11) is 0.395. The van der Waals surface area contributed by atoms with E-state index in [1.807, 2.05) is 0 Å². The Kier molecular flexibility index (Phi) is 6.62. The van der Waals surface area contributed by atoms with Crippen LogP contribution in [0, 0.1) is 0 Å². The van der Waals surface area contributed by atoms with Gasteiger partial charge in [-0.05, 0) is 25.2 Å². The van der Waals surface area contributed by atoms with Gasteiger partial charge in [-0.15, -0.1) is 4.47 Å². The van der Waals surface area contributed by atoms with Crippen molar-refractivity contribution in [3.05, 3.63) is 24.3 Å². The summed E-state index contributed by atoms with van der Waals surface area (Å²) in [5.41, 5.74) is 0.538. The quantitative estimate of drug-likeness (QED) is 0.539. The summed E-state index contributed by atoms with van der Waals surface area (Å²) < 4.78 is 26.0. The molecule has 1 aromatic carbocycles. The molecule has 1 aromatic rings. The molecule has 0 spiro atoms. The smallest absolute Gasteiger partial charge is 0.257 e. The van der Waals surface area contributed by atoms with Crippen LogP contribution in [0.5, 0.6) is 0 Å². The second-order valence-corrected chi connectivity index (χ2v) is 9.16. The maximum Gasteiger partial charge on any atom is 0.257 e. The minimum absolute atomic E-state index is 0.108. The lowest BCUT2D eigenvalue weighted by molar-refractivity contribution is -0.913. The highest BCUT2D eigenvalue weighted by atomic mass is 32.2. The van der Waals surface area contributed by atoms with Gasteiger partial charge in [0, 0.05) is 32.1 Å². The van der Waals surface area contributed by atoms with Gasteiger partial charge in [0.25, 0.3) is 10.0 Å². The zero-order valence-corrected chi connectivity index (χ0v) is 16.5. The summed E-state index contributed by atoms with van der Waals surface area (Å²) in [5, 5.41) is 12.7. The van der Waals surface area contributed by atoms with Crippen molar-refractivity contribution >= 4 is 27.3 Å². The van der Waals surface area contributed by atoms with Gasteiger partial charge in [-0.1, -0.05) is 6.07 Å². The fourth-order valence-electron chi connectivity index (χ4n) is 3.05. The van der Waals surface area contributed by atoms with Gasteiger partial charge in [-0.2, -0.15) is 0 Å². The summed E-state index contributed by atoms with van der Waals surface area (Å²) >= 11 is 0. The van der Waals surface area contributed by atoms with E-state index in [4.69, 9.17) is 0 Å². The fraction of sp³-hybridized carbons (Fsp3) is 0.588. The van der Waals surface area contributed by atoms with Crippen LogP contribution in [0.4, 0.5) is 11.4 Å². The third-order valence-electron chi connectivity index (χ3n) is 4.79. The molecular formula is C17H29N4O4S+. The molecule has 146 valence electrons. The zero-order valence-electron chi connectivity index (χ0n) is 15.7. The molecule has 2 rings (SSSR count). The first-order valence-electron chi connectivity index (χ1n) is 8.73. The third-order valence-corrected chi connectivity index (χ3v) is 6.34. The molecule has 2 N–H and O–H groups in total. The zero-order chi connectivity index (χ0) is 19.4. The summed E-state index contributed by atoms with van der Waals surface area (Å²) in [6.45, 7) is 6.13. The van der Waals surface area contributed by atoms with Crippen molar-refractivity contribution in [1.29, 1.82) is 0 Å². The molecule has 0 aliphatic carbocycles.